The van der Waals surface area contributed by atoms with Crippen molar-refractivity contribution in [3.05, 3.63) is 23.3 Å². The molecule has 9 heteroatoms. The highest BCUT2D eigenvalue weighted by molar-refractivity contribution is 6.04. The zero-order valence-corrected chi connectivity index (χ0v) is 26.0. The van der Waals surface area contributed by atoms with Crippen LogP contribution in [0.15, 0.2) is 23.3 Å². The molecule has 0 unspecified atom stereocenters. The standard InChI is InChI=1S/C33H47NO8/c1-18-8-23-31(39,26(18)37)14-21(15-35)9-22-25-29(6,7)32(25,11-19(2)33(22,23)40)41-24(36)10-20-12-30(13-20)16-34(17-30)27(38)42-28(3,4)5/h8-9,19-20,22-23,25,35,39-40H,10-17H2,1-7H3/t19-,22+,23-,25-,31-,32+,33-/m1/s1. The molecule has 1 heterocycles. The summed E-state index contributed by atoms with van der Waals surface area (Å²) in [6, 6.07) is 0. The van der Waals surface area contributed by atoms with Crippen LogP contribution in [0.3, 0.4) is 0 Å². The first-order valence-corrected chi connectivity index (χ1v) is 15.5. The van der Waals surface area contributed by atoms with Gasteiger partial charge in [0.25, 0.3) is 0 Å². The van der Waals surface area contributed by atoms with Gasteiger partial charge in [-0.3, -0.25) is 9.59 Å². The van der Waals surface area contributed by atoms with Crippen molar-refractivity contribution in [2.45, 2.75) is 103 Å². The van der Waals surface area contributed by atoms with Gasteiger partial charge in [0.2, 0.25) is 0 Å². The monoisotopic (exact) mass is 585 g/mol. The lowest BCUT2D eigenvalue weighted by atomic mass is 9.57. The van der Waals surface area contributed by atoms with Gasteiger partial charge in [0.1, 0.15) is 16.8 Å². The van der Waals surface area contributed by atoms with E-state index in [2.05, 4.69) is 13.8 Å². The third kappa shape index (κ3) is 4.02. The van der Waals surface area contributed by atoms with Crippen molar-refractivity contribution < 1.29 is 39.2 Å². The molecule has 0 aromatic rings. The normalized spacial score (nSPS) is 41.3. The maximum atomic E-state index is 13.4. The molecule has 9 nitrogen and oxygen atoms in total. The minimum Gasteiger partial charge on any atom is -0.458 e. The Morgan fingerprint density at radius 1 is 1.10 bits per heavy atom. The number of rotatable bonds is 4. The molecule has 1 aliphatic heterocycles. The fourth-order valence-electron chi connectivity index (χ4n) is 9.86. The summed E-state index contributed by atoms with van der Waals surface area (Å²) in [7, 11) is 0. The van der Waals surface area contributed by atoms with E-state index in [0.29, 0.717) is 37.1 Å². The van der Waals surface area contributed by atoms with Crippen LogP contribution in [0.1, 0.15) is 80.6 Å². The SMILES string of the molecule is CC1=C[C@H]2[C@@]3(O)[C@H](C)C[C@]4(OC(=O)CC5CC6(C5)CN(C(=O)OC(C)(C)C)C6)[C@H]([C@@H]3C=C(CO)C[C@]2(O)C1=O)C4(C)C. The first kappa shape index (κ1) is 29.8. The van der Waals surface area contributed by atoms with Gasteiger partial charge >= 0.3 is 12.1 Å². The van der Waals surface area contributed by atoms with E-state index in [1.54, 1.807) is 17.9 Å². The van der Waals surface area contributed by atoms with E-state index >= 15 is 0 Å². The zero-order chi connectivity index (χ0) is 30.8. The summed E-state index contributed by atoms with van der Waals surface area (Å²) in [5, 5.41) is 34.3. The van der Waals surface area contributed by atoms with Gasteiger partial charge in [-0.1, -0.05) is 32.9 Å². The molecular weight excluding hydrogens is 538 g/mol. The number of carbonyl (C=O) groups excluding carboxylic acids is 3. The second kappa shape index (κ2) is 8.91. The molecule has 1 spiro atoms. The summed E-state index contributed by atoms with van der Waals surface area (Å²) < 4.78 is 11.9. The second-order valence-electron chi connectivity index (χ2n) is 16.1. The lowest BCUT2D eigenvalue weighted by Gasteiger charge is -2.58. The Hall–Kier alpha value is -2.23. The Balaban J connectivity index is 1.15. The molecule has 0 bridgehead atoms. The zero-order valence-electron chi connectivity index (χ0n) is 26.0. The highest BCUT2D eigenvalue weighted by Gasteiger charge is 2.83. The van der Waals surface area contributed by atoms with Gasteiger partial charge in [-0.25, -0.2) is 4.79 Å². The van der Waals surface area contributed by atoms with Crippen LogP contribution in [0.5, 0.6) is 0 Å². The Labute approximate surface area is 248 Å². The minimum atomic E-state index is -1.80. The predicted octanol–water partition coefficient (Wildman–Crippen LogP) is 3.55. The largest absolute Gasteiger partial charge is 0.458 e. The number of aliphatic hydroxyl groups is 3. The maximum absolute atomic E-state index is 13.4. The quantitative estimate of drug-likeness (QED) is 0.337. The van der Waals surface area contributed by atoms with Crippen LogP contribution in [0, 0.1) is 40.4 Å². The van der Waals surface area contributed by atoms with Crippen molar-refractivity contribution in [1.82, 2.24) is 4.90 Å². The summed E-state index contributed by atoms with van der Waals surface area (Å²) in [5.41, 5.74) is -3.93. The molecule has 4 fully saturated rings. The number of hydrogen-bond donors (Lipinski definition) is 3. The minimum absolute atomic E-state index is 0.0267. The van der Waals surface area contributed by atoms with E-state index in [4.69, 9.17) is 9.47 Å². The summed E-state index contributed by atoms with van der Waals surface area (Å²) in [5.74, 6) is -2.34. The number of fused-ring (bicyclic) bond motifs is 5. The highest BCUT2D eigenvalue weighted by Crippen LogP contribution is 2.76. The molecule has 3 saturated carbocycles. The van der Waals surface area contributed by atoms with Crippen molar-refractivity contribution in [3.8, 4) is 0 Å². The molecule has 6 aliphatic rings. The van der Waals surface area contributed by atoms with Crippen LogP contribution in [-0.2, 0) is 19.1 Å². The number of likely N-dealkylation sites (tertiary alicyclic amines) is 1. The van der Waals surface area contributed by atoms with E-state index in [-0.39, 0.29) is 48.3 Å². The van der Waals surface area contributed by atoms with Gasteiger partial charge in [0.15, 0.2) is 5.78 Å². The first-order valence-electron chi connectivity index (χ1n) is 15.5. The second-order valence-corrected chi connectivity index (χ2v) is 16.1. The number of hydrogen-bond acceptors (Lipinski definition) is 8. The van der Waals surface area contributed by atoms with Crippen LogP contribution < -0.4 is 0 Å². The smallest absolute Gasteiger partial charge is 0.410 e. The third-order valence-corrected chi connectivity index (χ3v) is 11.8. The Morgan fingerprint density at radius 2 is 1.74 bits per heavy atom. The number of amides is 1. The number of aliphatic hydroxyl groups excluding tert-OH is 1. The van der Waals surface area contributed by atoms with E-state index in [1.165, 1.54) is 0 Å². The molecule has 7 atom stereocenters. The van der Waals surface area contributed by atoms with Gasteiger partial charge < -0.3 is 29.7 Å². The summed E-state index contributed by atoms with van der Waals surface area (Å²) in [6.07, 6.45) is 5.76. The molecular formula is C33H47NO8. The van der Waals surface area contributed by atoms with Crippen molar-refractivity contribution in [2.24, 2.45) is 40.4 Å². The predicted molar refractivity (Wildman–Crippen MR) is 153 cm³/mol. The molecule has 3 N–H and O–H groups in total. The van der Waals surface area contributed by atoms with Crippen LogP contribution >= 0.6 is 0 Å². The Kier molecular flexibility index (Phi) is 6.33. The van der Waals surface area contributed by atoms with Crippen molar-refractivity contribution in [3.63, 3.8) is 0 Å². The molecule has 5 aliphatic carbocycles. The van der Waals surface area contributed by atoms with Gasteiger partial charge in [0.05, 0.1) is 12.2 Å². The maximum Gasteiger partial charge on any atom is 0.410 e. The highest BCUT2D eigenvalue weighted by atomic mass is 16.6. The number of ketones is 1. The van der Waals surface area contributed by atoms with Crippen molar-refractivity contribution in [2.75, 3.05) is 19.7 Å². The summed E-state index contributed by atoms with van der Waals surface area (Å²) >= 11 is 0. The van der Waals surface area contributed by atoms with Gasteiger partial charge in [0, 0.05) is 54.5 Å². The van der Waals surface area contributed by atoms with Crippen LogP contribution in [0.4, 0.5) is 4.79 Å². The van der Waals surface area contributed by atoms with Crippen LogP contribution in [-0.4, -0.2) is 80.2 Å². The van der Waals surface area contributed by atoms with E-state index < -0.39 is 45.4 Å². The summed E-state index contributed by atoms with van der Waals surface area (Å²) in [4.78, 5) is 40.6. The van der Waals surface area contributed by atoms with Gasteiger partial charge in [-0.05, 0) is 69.9 Å². The number of Topliss-reactive ketones (excluding diaryl/α,β-unsaturated/α-hetero) is 1. The average molecular weight is 586 g/mol. The molecule has 232 valence electrons. The molecule has 1 amide bonds. The number of ether oxygens (including phenoxy) is 2. The molecule has 1 saturated heterocycles. The summed E-state index contributed by atoms with van der Waals surface area (Å²) in [6.45, 7) is 14.3. The van der Waals surface area contributed by atoms with E-state index in [9.17, 15) is 29.7 Å². The Morgan fingerprint density at radius 3 is 2.33 bits per heavy atom. The fourth-order valence-corrected chi connectivity index (χ4v) is 9.86. The Bertz CT molecular complexity index is 1280. The van der Waals surface area contributed by atoms with E-state index in [1.807, 2.05) is 33.8 Å². The molecule has 42 heavy (non-hydrogen) atoms. The molecule has 6 rings (SSSR count). The first-order chi connectivity index (χ1) is 19.3. The van der Waals surface area contributed by atoms with Crippen LogP contribution in [0.2, 0.25) is 0 Å². The van der Waals surface area contributed by atoms with Crippen molar-refractivity contribution >= 4 is 17.8 Å². The molecule has 0 aromatic carbocycles. The fraction of sp³-hybridized carbons (Fsp3) is 0.788. The van der Waals surface area contributed by atoms with E-state index in [0.717, 1.165) is 12.8 Å². The average Bonchev–Trinajstić information content (AvgIpc) is 3.22. The lowest BCUT2D eigenvalue weighted by molar-refractivity contribution is -0.188. The molecule has 0 aromatic heterocycles. The van der Waals surface area contributed by atoms with Crippen molar-refractivity contribution in [1.29, 1.82) is 0 Å². The third-order valence-electron chi connectivity index (χ3n) is 11.8. The van der Waals surface area contributed by atoms with Gasteiger partial charge in [-0.2, -0.15) is 0 Å². The lowest BCUT2D eigenvalue weighted by Crippen LogP contribution is -2.64. The van der Waals surface area contributed by atoms with Gasteiger partial charge in [-0.15, -0.1) is 0 Å². The topological polar surface area (TPSA) is 134 Å². The number of carbonyl (C=O) groups is 3. The number of esters is 1. The molecule has 0 radical (unpaired) electrons. The number of nitrogens with zero attached hydrogens (tertiary/aromatic N) is 1. The van der Waals surface area contributed by atoms with Crippen LogP contribution in [0.25, 0.3) is 0 Å².